The molecule has 1 amide bonds. The molecule has 3 aromatic carbocycles. The minimum atomic E-state index is -1.06. The van der Waals surface area contributed by atoms with Crippen LogP contribution in [-0.4, -0.2) is 11.9 Å². The molecule has 0 saturated heterocycles. The van der Waals surface area contributed by atoms with Gasteiger partial charge in [-0.1, -0.05) is 41.9 Å². The lowest BCUT2D eigenvalue weighted by molar-refractivity contribution is -0.152. The largest absolute Gasteiger partial charge is 0.447 e. The van der Waals surface area contributed by atoms with Crippen LogP contribution in [0.4, 0.5) is 5.69 Å². The summed E-state index contributed by atoms with van der Waals surface area (Å²) >= 11 is 7.59. The Hall–Kier alpha value is -2.89. The van der Waals surface area contributed by atoms with Gasteiger partial charge < -0.3 is 10.1 Å². The van der Waals surface area contributed by atoms with Gasteiger partial charge in [-0.2, -0.15) is 0 Å². The Morgan fingerprint density at radius 1 is 1.04 bits per heavy atom. The Morgan fingerprint density at radius 3 is 2.61 bits per heavy atom. The molecule has 4 rings (SSSR count). The van der Waals surface area contributed by atoms with Crippen LogP contribution >= 0.6 is 22.9 Å². The molecule has 0 saturated carbocycles. The molecule has 0 aliphatic carbocycles. The average Bonchev–Trinajstić information content (AvgIpc) is 3.08. The van der Waals surface area contributed by atoms with Crippen LogP contribution in [0.3, 0.4) is 0 Å². The lowest BCUT2D eigenvalue weighted by Crippen LogP contribution is -2.24. The molecule has 1 atom stereocenters. The first kappa shape index (κ1) is 18.5. The predicted molar refractivity (Wildman–Crippen MR) is 114 cm³/mol. The molecule has 28 heavy (non-hydrogen) atoms. The summed E-state index contributed by atoms with van der Waals surface area (Å²) in [6, 6.07) is 19.0. The van der Waals surface area contributed by atoms with Crippen LogP contribution in [0.5, 0.6) is 0 Å². The summed E-state index contributed by atoms with van der Waals surface area (Å²) in [6.07, 6.45) is -1.06. The smallest absolute Gasteiger partial charge is 0.303 e. The number of amides is 1. The van der Waals surface area contributed by atoms with E-state index in [2.05, 4.69) is 5.32 Å². The second kappa shape index (κ2) is 7.62. The van der Waals surface area contributed by atoms with Crippen molar-refractivity contribution < 1.29 is 14.3 Å². The number of nitrogens with one attached hydrogen (secondary N) is 1. The standard InChI is InChI=1S/C22H16ClNO3S/c1-13(25)27-21(19-12-28-20-9-7-16(23)11-18(19)20)22(26)24-17-8-6-14-4-2-3-5-15(14)10-17/h2-12,21H,1H3,(H,24,26). The van der Waals surface area contributed by atoms with Crippen LogP contribution in [0.2, 0.25) is 5.02 Å². The molecule has 1 heterocycles. The molecular weight excluding hydrogens is 394 g/mol. The first-order chi connectivity index (χ1) is 13.5. The van der Waals surface area contributed by atoms with Crippen LogP contribution < -0.4 is 5.32 Å². The lowest BCUT2D eigenvalue weighted by Gasteiger charge is -2.17. The van der Waals surface area contributed by atoms with E-state index in [1.165, 1.54) is 18.3 Å². The zero-order valence-electron chi connectivity index (χ0n) is 14.9. The van der Waals surface area contributed by atoms with Crippen LogP contribution in [0.1, 0.15) is 18.6 Å². The van der Waals surface area contributed by atoms with E-state index in [-0.39, 0.29) is 0 Å². The maximum Gasteiger partial charge on any atom is 0.303 e. The van der Waals surface area contributed by atoms with E-state index < -0.39 is 18.0 Å². The van der Waals surface area contributed by atoms with Crippen LogP contribution in [-0.2, 0) is 14.3 Å². The number of hydrogen-bond acceptors (Lipinski definition) is 4. The molecule has 0 spiro atoms. The monoisotopic (exact) mass is 409 g/mol. The number of esters is 1. The molecule has 0 radical (unpaired) electrons. The Bertz CT molecular complexity index is 1200. The van der Waals surface area contributed by atoms with Gasteiger partial charge in [-0.15, -0.1) is 11.3 Å². The molecule has 0 aliphatic rings. The fourth-order valence-electron chi connectivity index (χ4n) is 3.12. The predicted octanol–water partition coefficient (Wildman–Crippen LogP) is 5.95. The Balaban J connectivity index is 1.68. The van der Waals surface area contributed by atoms with Gasteiger partial charge in [0.1, 0.15) is 0 Å². The molecule has 4 nitrogen and oxygen atoms in total. The number of ether oxygens (including phenoxy) is 1. The summed E-state index contributed by atoms with van der Waals surface area (Å²) in [5.74, 6) is -0.940. The minimum Gasteiger partial charge on any atom is -0.447 e. The average molecular weight is 410 g/mol. The SMILES string of the molecule is CC(=O)OC(C(=O)Nc1ccc2ccccc2c1)c1csc2ccc(Cl)cc12. The van der Waals surface area contributed by atoms with Crippen molar-refractivity contribution in [2.24, 2.45) is 0 Å². The van der Waals surface area contributed by atoms with Crippen LogP contribution in [0.15, 0.2) is 66.0 Å². The fourth-order valence-corrected chi connectivity index (χ4v) is 4.25. The number of hydrogen-bond donors (Lipinski definition) is 1. The molecule has 1 N–H and O–H groups in total. The quantitative estimate of drug-likeness (QED) is 0.423. The maximum absolute atomic E-state index is 13.0. The van der Waals surface area contributed by atoms with E-state index in [0.717, 1.165) is 20.9 Å². The number of carbonyl (C=O) groups is 2. The van der Waals surface area contributed by atoms with E-state index in [4.69, 9.17) is 16.3 Å². The number of carbonyl (C=O) groups excluding carboxylic acids is 2. The molecule has 1 aromatic heterocycles. The molecule has 4 aromatic rings. The highest BCUT2D eigenvalue weighted by Crippen LogP contribution is 2.34. The summed E-state index contributed by atoms with van der Waals surface area (Å²) < 4.78 is 6.34. The van der Waals surface area contributed by atoms with Crippen molar-refractivity contribution >= 4 is 61.4 Å². The minimum absolute atomic E-state index is 0.412. The number of thiophene rings is 1. The Morgan fingerprint density at radius 2 is 1.82 bits per heavy atom. The van der Waals surface area contributed by atoms with Gasteiger partial charge in [0.2, 0.25) is 6.10 Å². The van der Waals surface area contributed by atoms with Crippen molar-refractivity contribution in [1.29, 1.82) is 0 Å². The molecular formula is C22H16ClNO3S. The summed E-state index contributed by atoms with van der Waals surface area (Å²) in [5, 5.41) is 8.14. The van der Waals surface area contributed by atoms with Gasteiger partial charge in [-0.05, 0) is 46.5 Å². The summed E-state index contributed by atoms with van der Waals surface area (Å²) in [5.41, 5.74) is 1.26. The van der Waals surface area contributed by atoms with Gasteiger partial charge >= 0.3 is 5.97 Å². The first-order valence-electron chi connectivity index (χ1n) is 8.65. The molecule has 6 heteroatoms. The highest BCUT2D eigenvalue weighted by molar-refractivity contribution is 7.17. The third-order valence-electron chi connectivity index (χ3n) is 4.39. The van der Waals surface area contributed by atoms with Gasteiger partial charge in [0.05, 0.1) is 0 Å². The highest BCUT2D eigenvalue weighted by atomic mass is 35.5. The van der Waals surface area contributed by atoms with Crippen LogP contribution in [0, 0.1) is 0 Å². The Kier molecular flexibility index (Phi) is 5.03. The lowest BCUT2D eigenvalue weighted by atomic mass is 10.1. The van der Waals surface area contributed by atoms with Crippen molar-refractivity contribution in [3.05, 3.63) is 76.6 Å². The molecule has 0 bridgehead atoms. The molecule has 140 valence electrons. The fraction of sp³-hybridized carbons (Fsp3) is 0.0909. The molecule has 1 unspecified atom stereocenters. The normalized spacial score (nSPS) is 12.1. The highest BCUT2D eigenvalue weighted by Gasteiger charge is 2.27. The van der Waals surface area contributed by atoms with Gasteiger partial charge in [0.25, 0.3) is 5.91 Å². The van der Waals surface area contributed by atoms with E-state index in [0.29, 0.717) is 16.3 Å². The number of rotatable bonds is 4. The number of halogens is 1. The Labute approximate surface area is 170 Å². The number of fused-ring (bicyclic) bond motifs is 2. The van der Waals surface area contributed by atoms with Gasteiger partial charge in [-0.3, -0.25) is 9.59 Å². The summed E-state index contributed by atoms with van der Waals surface area (Å²) in [4.78, 5) is 24.7. The van der Waals surface area contributed by atoms with Crippen molar-refractivity contribution in [2.75, 3.05) is 5.32 Å². The second-order valence-corrected chi connectivity index (χ2v) is 7.72. The number of anilines is 1. The maximum atomic E-state index is 13.0. The second-order valence-electron chi connectivity index (χ2n) is 6.37. The van der Waals surface area contributed by atoms with E-state index in [1.54, 1.807) is 12.1 Å². The van der Waals surface area contributed by atoms with Gasteiger partial charge in [0, 0.05) is 33.3 Å². The van der Waals surface area contributed by atoms with E-state index >= 15 is 0 Å². The van der Waals surface area contributed by atoms with Crippen molar-refractivity contribution in [1.82, 2.24) is 0 Å². The summed E-state index contributed by atoms with van der Waals surface area (Å²) in [7, 11) is 0. The third kappa shape index (κ3) is 3.72. The van der Waals surface area contributed by atoms with Crippen LogP contribution in [0.25, 0.3) is 20.9 Å². The zero-order valence-corrected chi connectivity index (χ0v) is 16.5. The van der Waals surface area contributed by atoms with Gasteiger partial charge in [-0.25, -0.2) is 0 Å². The van der Waals surface area contributed by atoms with E-state index in [1.807, 2.05) is 53.9 Å². The van der Waals surface area contributed by atoms with E-state index in [9.17, 15) is 9.59 Å². The number of benzene rings is 3. The van der Waals surface area contributed by atoms with Gasteiger partial charge in [0.15, 0.2) is 0 Å². The summed E-state index contributed by atoms with van der Waals surface area (Å²) in [6.45, 7) is 1.29. The molecule has 0 aliphatic heterocycles. The third-order valence-corrected chi connectivity index (χ3v) is 5.60. The van der Waals surface area contributed by atoms with Crippen molar-refractivity contribution in [3.8, 4) is 0 Å². The van der Waals surface area contributed by atoms with Crippen molar-refractivity contribution in [2.45, 2.75) is 13.0 Å². The topological polar surface area (TPSA) is 55.4 Å². The van der Waals surface area contributed by atoms with Crippen molar-refractivity contribution in [3.63, 3.8) is 0 Å². The zero-order chi connectivity index (χ0) is 19.7. The first-order valence-corrected chi connectivity index (χ1v) is 9.90. The molecule has 0 fully saturated rings.